The highest BCUT2D eigenvalue weighted by Gasteiger charge is 2.19. The maximum atomic E-state index is 11.6. The fraction of sp³-hybridized carbons (Fsp3) is 0.308. The third-order valence-electron chi connectivity index (χ3n) is 2.33. The second kappa shape index (κ2) is 7.15. The first kappa shape index (κ1) is 14.7. The van der Waals surface area contributed by atoms with E-state index in [1.165, 1.54) is 14.0 Å². The van der Waals surface area contributed by atoms with Gasteiger partial charge < -0.3 is 10.1 Å². The van der Waals surface area contributed by atoms with Gasteiger partial charge in [0.05, 0.1) is 6.42 Å². The summed E-state index contributed by atoms with van der Waals surface area (Å²) in [4.78, 5) is 34.0. The number of ether oxygens (including phenoxy) is 1. The minimum absolute atomic E-state index is 0.0818. The van der Waals surface area contributed by atoms with Crippen molar-refractivity contribution in [3.63, 3.8) is 0 Å². The number of urea groups is 1. The number of benzene rings is 1. The van der Waals surface area contributed by atoms with Crippen molar-refractivity contribution in [3.05, 3.63) is 35.9 Å². The summed E-state index contributed by atoms with van der Waals surface area (Å²) >= 11 is 0. The van der Waals surface area contributed by atoms with Crippen LogP contribution in [0.5, 0.6) is 0 Å². The molecule has 0 saturated carbocycles. The van der Waals surface area contributed by atoms with E-state index in [9.17, 15) is 14.4 Å². The minimum Gasteiger partial charge on any atom is -0.452 e. The molecule has 1 aromatic rings. The van der Waals surface area contributed by atoms with E-state index in [4.69, 9.17) is 4.74 Å². The third kappa shape index (κ3) is 5.20. The number of carbonyl (C=O) groups is 3. The van der Waals surface area contributed by atoms with Gasteiger partial charge in [0.15, 0.2) is 6.10 Å². The second-order valence-electron chi connectivity index (χ2n) is 3.86. The van der Waals surface area contributed by atoms with Crippen molar-refractivity contribution in [1.29, 1.82) is 0 Å². The number of amides is 3. The van der Waals surface area contributed by atoms with E-state index < -0.39 is 24.0 Å². The summed E-state index contributed by atoms with van der Waals surface area (Å²) in [5.41, 5.74) is 0.798. The van der Waals surface area contributed by atoms with Crippen LogP contribution in [-0.4, -0.2) is 31.1 Å². The molecule has 1 atom stereocenters. The predicted octanol–water partition coefficient (Wildman–Crippen LogP) is 0.616. The van der Waals surface area contributed by atoms with E-state index in [1.807, 2.05) is 23.5 Å². The van der Waals surface area contributed by atoms with Crippen molar-refractivity contribution in [1.82, 2.24) is 10.6 Å². The van der Waals surface area contributed by atoms with Crippen molar-refractivity contribution < 1.29 is 19.1 Å². The molecular weight excluding hydrogens is 248 g/mol. The Morgan fingerprint density at radius 3 is 2.42 bits per heavy atom. The quantitative estimate of drug-likeness (QED) is 0.781. The van der Waals surface area contributed by atoms with Crippen LogP contribution in [0.25, 0.3) is 0 Å². The molecule has 0 aliphatic heterocycles. The van der Waals surface area contributed by atoms with Crippen LogP contribution in [0.15, 0.2) is 30.3 Å². The zero-order valence-electron chi connectivity index (χ0n) is 10.8. The summed E-state index contributed by atoms with van der Waals surface area (Å²) in [5.74, 6) is -1.19. The van der Waals surface area contributed by atoms with Gasteiger partial charge >= 0.3 is 12.0 Å². The van der Waals surface area contributed by atoms with Crippen molar-refractivity contribution in [2.75, 3.05) is 7.05 Å². The van der Waals surface area contributed by atoms with Gasteiger partial charge in [0.2, 0.25) is 0 Å². The summed E-state index contributed by atoms with van der Waals surface area (Å²) in [6.07, 6.45) is -0.938. The molecule has 0 heterocycles. The standard InChI is InChI=1S/C13H16N2O4/c1-9(12(17)15-13(18)14-2)19-11(16)8-10-6-4-3-5-7-10/h3-7,9H,8H2,1-2H3,(H2,14,15,17,18)/t9-/m1/s1. The zero-order chi connectivity index (χ0) is 14.3. The Morgan fingerprint density at radius 2 is 1.84 bits per heavy atom. The van der Waals surface area contributed by atoms with Gasteiger partial charge in [-0.25, -0.2) is 4.79 Å². The fourth-order valence-corrected chi connectivity index (χ4v) is 1.33. The van der Waals surface area contributed by atoms with Gasteiger partial charge in [0, 0.05) is 7.05 Å². The number of rotatable bonds is 4. The van der Waals surface area contributed by atoms with E-state index in [0.29, 0.717) is 0 Å². The molecule has 0 aliphatic rings. The molecule has 102 valence electrons. The third-order valence-corrected chi connectivity index (χ3v) is 2.33. The van der Waals surface area contributed by atoms with E-state index in [2.05, 4.69) is 5.32 Å². The van der Waals surface area contributed by atoms with E-state index in [1.54, 1.807) is 12.1 Å². The Hall–Kier alpha value is -2.37. The molecule has 3 amide bonds. The summed E-state index contributed by atoms with van der Waals surface area (Å²) in [7, 11) is 1.38. The molecule has 1 rings (SSSR count). The largest absolute Gasteiger partial charge is 0.452 e. The summed E-state index contributed by atoms with van der Waals surface area (Å²) in [5, 5.41) is 4.26. The van der Waals surface area contributed by atoms with Gasteiger partial charge in [-0.3, -0.25) is 14.9 Å². The molecule has 0 radical (unpaired) electrons. The van der Waals surface area contributed by atoms with Gasteiger partial charge in [-0.2, -0.15) is 0 Å². The molecule has 0 aromatic heterocycles. The predicted molar refractivity (Wildman–Crippen MR) is 68.3 cm³/mol. The molecule has 0 bridgehead atoms. The van der Waals surface area contributed by atoms with Crippen LogP contribution < -0.4 is 10.6 Å². The van der Waals surface area contributed by atoms with E-state index in [-0.39, 0.29) is 6.42 Å². The average Bonchev–Trinajstić information content (AvgIpc) is 2.39. The molecule has 0 aliphatic carbocycles. The first-order valence-electron chi connectivity index (χ1n) is 5.79. The monoisotopic (exact) mass is 264 g/mol. The number of nitrogens with one attached hydrogen (secondary N) is 2. The highest BCUT2D eigenvalue weighted by atomic mass is 16.5. The van der Waals surface area contributed by atoms with Gasteiger partial charge in [0.25, 0.3) is 5.91 Å². The minimum atomic E-state index is -1.02. The lowest BCUT2D eigenvalue weighted by atomic mass is 10.1. The maximum Gasteiger partial charge on any atom is 0.321 e. The Bertz CT molecular complexity index is 459. The normalized spacial score (nSPS) is 11.3. The smallest absolute Gasteiger partial charge is 0.321 e. The topological polar surface area (TPSA) is 84.5 Å². The molecule has 19 heavy (non-hydrogen) atoms. The first-order chi connectivity index (χ1) is 9.02. The van der Waals surface area contributed by atoms with Gasteiger partial charge in [-0.1, -0.05) is 30.3 Å². The van der Waals surface area contributed by atoms with Gasteiger partial charge in [-0.15, -0.1) is 0 Å². The molecule has 0 spiro atoms. The second-order valence-corrected chi connectivity index (χ2v) is 3.86. The lowest BCUT2D eigenvalue weighted by Gasteiger charge is -2.12. The Kier molecular flexibility index (Phi) is 5.53. The number of hydrogen-bond acceptors (Lipinski definition) is 4. The van der Waals surface area contributed by atoms with Crippen LogP contribution in [0.4, 0.5) is 4.79 Å². The van der Waals surface area contributed by atoms with Crippen LogP contribution in [0.3, 0.4) is 0 Å². The lowest BCUT2D eigenvalue weighted by Crippen LogP contribution is -2.43. The molecule has 0 saturated heterocycles. The molecular formula is C13H16N2O4. The zero-order valence-corrected chi connectivity index (χ0v) is 10.8. The number of hydrogen-bond donors (Lipinski definition) is 2. The first-order valence-corrected chi connectivity index (χ1v) is 5.79. The van der Waals surface area contributed by atoms with Crippen molar-refractivity contribution in [3.8, 4) is 0 Å². The molecule has 6 heteroatoms. The van der Waals surface area contributed by atoms with Crippen molar-refractivity contribution in [2.24, 2.45) is 0 Å². The summed E-state index contributed by atoms with van der Waals surface area (Å²) < 4.78 is 4.93. The number of esters is 1. The molecule has 0 unspecified atom stereocenters. The van der Waals surface area contributed by atoms with Gasteiger partial charge in [0.1, 0.15) is 0 Å². The van der Waals surface area contributed by atoms with Crippen LogP contribution >= 0.6 is 0 Å². The molecule has 6 nitrogen and oxygen atoms in total. The SMILES string of the molecule is CNC(=O)NC(=O)[C@@H](C)OC(=O)Cc1ccccc1. The molecule has 0 fully saturated rings. The number of carbonyl (C=O) groups excluding carboxylic acids is 3. The van der Waals surface area contributed by atoms with Crippen molar-refractivity contribution >= 4 is 17.9 Å². The van der Waals surface area contributed by atoms with E-state index >= 15 is 0 Å². The Balaban J connectivity index is 2.44. The maximum absolute atomic E-state index is 11.6. The fourth-order valence-electron chi connectivity index (χ4n) is 1.33. The Labute approximate surface area is 111 Å². The van der Waals surface area contributed by atoms with Crippen molar-refractivity contribution in [2.45, 2.75) is 19.4 Å². The molecule has 1 aromatic carbocycles. The summed E-state index contributed by atoms with van der Waals surface area (Å²) in [6.45, 7) is 1.40. The van der Waals surface area contributed by atoms with Gasteiger partial charge in [-0.05, 0) is 12.5 Å². The summed E-state index contributed by atoms with van der Waals surface area (Å²) in [6, 6.07) is 8.40. The Morgan fingerprint density at radius 1 is 1.21 bits per heavy atom. The lowest BCUT2D eigenvalue weighted by molar-refractivity contribution is -0.153. The van der Waals surface area contributed by atoms with Crippen LogP contribution in [0, 0.1) is 0 Å². The average molecular weight is 264 g/mol. The highest BCUT2D eigenvalue weighted by molar-refractivity contribution is 5.97. The van der Waals surface area contributed by atoms with Crippen LogP contribution in [0.2, 0.25) is 0 Å². The van der Waals surface area contributed by atoms with Crippen LogP contribution in [-0.2, 0) is 20.7 Å². The van der Waals surface area contributed by atoms with Crippen LogP contribution in [0.1, 0.15) is 12.5 Å². The highest BCUT2D eigenvalue weighted by Crippen LogP contribution is 2.02. The number of imide groups is 1. The van der Waals surface area contributed by atoms with E-state index in [0.717, 1.165) is 5.56 Å². The molecule has 2 N–H and O–H groups in total.